The van der Waals surface area contributed by atoms with Gasteiger partial charge in [-0.1, -0.05) is 40.0 Å². The van der Waals surface area contributed by atoms with Crippen LogP contribution in [0.2, 0.25) is 0 Å². The molecule has 2 N–H and O–H groups in total. The summed E-state index contributed by atoms with van der Waals surface area (Å²) in [7, 11) is 0.438. The molecule has 0 saturated heterocycles. The van der Waals surface area contributed by atoms with E-state index in [1.807, 2.05) is 20.9 Å². The van der Waals surface area contributed by atoms with Crippen molar-refractivity contribution in [2.24, 2.45) is 0 Å². The third-order valence-electron chi connectivity index (χ3n) is 5.69. The molecule has 0 bridgehead atoms. The van der Waals surface area contributed by atoms with Gasteiger partial charge in [-0.15, -0.1) is 0 Å². The van der Waals surface area contributed by atoms with Crippen LogP contribution in [0.5, 0.6) is 0 Å². The maximum Gasteiger partial charge on any atom is 0.280 e. The van der Waals surface area contributed by atoms with Crippen molar-refractivity contribution >= 4 is 18.9 Å². The van der Waals surface area contributed by atoms with E-state index in [0.29, 0.717) is 0 Å². The minimum absolute atomic E-state index is 0.0527. The Balaban J connectivity index is 3.20. The normalized spacial score (nSPS) is 12.8. The predicted molar refractivity (Wildman–Crippen MR) is 124 cm³/mol. The number of anilines is 1. The quantitative estimate of drug-likeness (QED) is 0.372. The Morgan fingerprint density at radius 2 is 1.39 bits per heavy atom. The molecule has 1 unspecified atom stereocenters. The molecule has 5 heteroatoms. The summed E-state index contributed by atoms with van der Waals surface area (Å²) in [6, 6.07) is 2.98. The van der Waals surface area contributed by atoms with Crippen LogP contribution in [-0.2, 0) is 4.79 Å². The van der Waals surface area contributed by atoms with Gasteiger partial charge in [-0.25, -0.2) is 4.39 Å². The summed E-state index contributed by atoms with van der Waals surface area (Å²) in [5.74, 6) is -0.341. The van der Waals surface area contributed by atoms with Crippen LogP contribution in [0, 0.1) is 19.7 Å². The number of carbonyl (C=O) groups excluding carboxylic acids is 1. The van der Waals surface area contributed by atoms with E-state index in [-0.39, 0.29) is 17.5 Å². The number of nitrogens with one attached hydrogen (secondary N) is 2. The van der Waals surface area contributed by atoms with Crippen LogP contribution in [0.1, 0.15) is 70.4 Å². The number of benzene rings is 1. The lowest BCUT2D eigenvalue weighted by Gasteiger charge is -2.34. The summed E-state index contributed by atoms with van der Waals surface area (Å²) >= 11 is 0. The molecular formula is C23H41FN2OP+. The van der Waals surface area contributed by atoms with Crippen LogP contribution in [0.15, 0.2) is 12.1 Å². The molecule has 0 fully saturated rings. The minimum atomic E-state index is -1.49. The SMILES string of the molecule is CCCC[P+](CCCC)(CCCC)C(NC)C(=O)Nc1c(C)cc(F)cc1C. The Bertz CT molecular complexity index is 576. The smallest absolute Gasteiger partial charge is 0.280 e. The van der Waals surface area contributed by atoms with E-state index in [0.717, 1.165) is 36.1 Å². The Kier molecular flexibility index (Phi) is 11.2. The van der Waals surface area contributed by atoms with Crippen molar-refractivity contribution < 1.29 is 9.18 Å². The van der Waals surface area contributed by atoms with Gasteiger partial charge in [-0.3, -0.25) is 10.1 Å². The monoisotopic (exact) mass is 411 g/mol. The fraction of sp³-hybridized carbons (Fsp3) is 0.696. The van der Waals surface area contributed by atoms with Gasteiger partial charge in [-0.05, 0) is 63.4 Å². The molecule has 1 atom stereocenters. The molecule has 0 spiro atoms. The third kappa shape index (κ3) is 6.81. The van der Waals surface area contributed by atoms with Crippen LogP contribution < -0.4 is 10.6 Å². The van der Waals surface area contributed by atoms with Crippen molar-refractivity contribution in [2.45, 2.75) is 78.9 Å². The molecule has 0 aliphatic carbocycles. The lowest BCUT2D eigenvalue weighted by molar-refractivity contribution is -0.116. The van der Waals surface area contributed by atoms with E-state index in [1.165, 1.54) is 49.9 Å². The van der Waals surface area contributed by atoms with Crippen molar-refractivity contribution in [1.29, 1.82) is 0 Å². The standard InChI is InChI=1S/C23H40FN2OP/c1-7-10-13-28(14-11-8-2,15-12-9-3)23(25-6)22(27)26-21-18(4)16-20(24)17-19(21)5/h16-17,23,25H,7-15H2,1-6H3/p+1. The van der Waals surface area contributed by atoms with Gasteiger partial charge in [0, 0.05) is 12.9 Å². The first-order valence-electron chi connectivity index (χ1n) is 11.0. The Hall–Kier alpha value is -0.990. The van der Waals surface area contributed by atoms with Crippen molar-refractivity contribution in [1.82, 2.24) is 5.32 Å². The van der Waals surface area contributed by atoms with Crippen LogP contribution in [-0.4, -0.2) is 37.2 Å². The molecule has 0 aromatic heterocycles. The van der Waals surface area contributed by atoms with Crippen molar-refractivity contribution in [3.05, 3.63) is 29.1 Å². The van der Waals surface area contributed by atoms with Crippen LogP contribution in [0.3, 0.4) is 0 Å². The van der Waals surface area contributed by atoms with Gasteiger partial charge in [0.15, 0.2) is 5.78 Å². The number of rotatable bonds is 13. The van der Waals surface area contributed by atoms with E-state index in [9.17, 15) is 9.18 Å². The number of halogens is 1. The zero-order chi connectivity index (χ0) is 21.2. The van der Waals surface area contributed by atoms with Gasteiger partial charge in [0.1, 0.15) is 5.82 Å². The first-order valence-corrected chi connectivity index (χ1v) is 13.4. The lowest BCUT2D eigenvalue weighted by atomic mass is 10.1. The highest BCUT2D eigenvalue weighted by atomic mass is 31.2. The number of carbonyl (C=O) groups is 1. The summed E-state index contributed by atoms with van der Waals surface area (Å²) in [6.45, 7) is 10.4. The van der Waals surface area contributed by atoms with E-state index in [2.05, 4.69) is 31.4 Å². The molecule has 28 heavy (non-hydrogen) atoms. The van der Waals surface area contributed by atoms with Crippen molar-refractivity contribution in [2.75, 3.05) is 30.9 Å². The zero-order valence-electron chi connectivity index (χ0n) is 18.8. The second kappa shape index (κ2) is 12.5. The Labute approximate surface area is 172 Å². The second-order valence-corrected chi connectivity index (χ2v) is 12.3. The van der Waals surface area contributed by atoms with Crippen LogP contribution in [0.4, 0.5) is 10.1 Å². The molecule has 0 heterocycles. The van der Waals surface area contributed by atoms with Crippen molar-refractivity contribution in [3.8, 4) is 0 Å². The molecule has 0 aliphatic rings. The Morgan fingerprint density at radius 3 is 1.75 bits per heavy atom. The maximum atomic E-state index is 13.7. The van der Waals surface area contributed by atoms with Crippen LogP contribution in [0.25, 0.3) is 0 Å². The first kappa shape index (κ1) is 25.0. The average molecular weight is 412 g/mol. The number of likely N-dealkylation sites (N-methyl/N-ethyl adjacent to an activating group) is 1. The van der Waals surface area contributed by atoms with E-state index in [4.69, 9.17) is 0 Å². The van der Waals surface area contributed by atoms with Gasteiger partial charge < -0.3 is 5.32 Å². The molecule has 1 rings (SSSR count). The molecule has 1 aromatic rings. The topological polar surface area (TPSA) is 41.1 Å². The minimum Gasteiger partial charge on any atom is -0.321 e. The summed E-state index contributed by atoms with van der Waals surface area (Å²) in [5.41, 5.74) is 2.31. The number of hydrogen-bond acceptors (Lipinski definition) is 2. The Morgan fingerprint density at radius 1 is 0.964 bits per heavy atom. The fourth-order valence-corrected chi connectivity index (χ4v) is 9.49. The first-order chi connectivity index (χ1) is 13.3. The van der Waals surface area contributed by atoms with E-state index in [1.54, 1.807) is 0 Å². The van der Waals surface area contributed by atoms with Gasteiger partial charge >= 0.3 is 0 Å². The highest BCUT2D eigenvalue weighted by molar-refractivity contribution is 7.77. The van der Waals surface area contributed by atoms with Gasteiger partial charge in [0.05, 0.1) is 18.5 Å². The summed E-state index contributed by atoms with van der Waals surface area (Å²) < 4.78 is 13.7. The van der Waals surface area contributed by atoms with Crippen molar-refractivity contribution in [3.63, 3.8) is 0 Å². The number of unbranched alkanes of at least 4 members (excludes halogenated alkanes) is 3. The molecule has 1 aromatic carbocycles. The van der Waals surface area contributed by atoms with E-state index >= 15 is 0 Å². The average Bonchev–Trinajstić information content (AvgIpc) is 2.65. The van der Waals surface area contributed by atoms with Gasteiger partial charge in [-0.2, -0.15) is 0 Å². The molecule has 3 nitrogen and oxygen atoms in total. The second-order valence-electron chi connectivity index (χ2n) is 8.05. The highest BCUT2D eigenvalue weighted by Gasteiger charge is 2.47. The molecule has 160 valence electrons. The summed E-state index contributed by atoms with van der Waals surface area (Å²) in [6.07, 6.45) is 10.5. The number of hydrogen-bond donors (Lipinski definition) is 2. The molecule has 0 saturated carbocycles. The fourth-order valence-electron chi connectivity index (χ4n) is 4.09. The van der Waals surface area contributed by atoms with Gasteiger partial charge in [0.25, 0.3) is 5.91 Å². The molecule has 0 aliphatic heterocycles. The molecular weight excluding hydrogens is 370 g/mol. The summed E-state index contributed by atoms with van der Waals surface area (Å²) in [4.78, 5) is 13.4. The maximum absolute atomic E-state index is 13.7. The number of amides is 1. The predicted octanol–water partition coefficient (Wildman–Crippen LogP) is 6.34. The van der Waals surface area contributed by atoms with Gasteiger partial charge in [0.2, 0.25) is 0 Å². The van der Waals surface area contributed by atoms with E-state index < -0.39 is 7.26 Å². The molecule has 1 amide bonds. The number of aryl methyl sites for hydroxylation is 2. The largest absolute Gasteiger partial charge is 0.321 e. The van der Waals surface area contributed by atoms with Crippen LogP contribution >= 0.6 is 7.26 Å². The zero-order valence-corrected chi connectivity index (χ0v) is 19.7. The lowest BCUT2D eigenvalue weighted by Crippen LogP contribution is -2.43. The molecule has 0 radical (unpaired) electrons. The summed E-state index contributed by atoms with van der Waals surface area (Å²) in [5, 5.41) is 6.55. The third-order valence-corrected chi connectivity index (χ3v) is 10.9. The highest BCUT2D eigenvalue weighted by Crippen LogP contribution is 2.64.